The van der Waals surface area contributed by atoms with Crippen LogP contribution in [0.2, 0.25) is 0 Å². The molecule has 3 rings (SSSR count). The second-order valence-corrected chi connectivity index (χ2v) is 4.13. The van der Waals surface area contributed by atoms with E-state index in [4.69, 9.17) is 20.2 Å². The lowest BCUT2D eigenvalue weighted by molar-refractivity contribution is 0.284. The standard InChI is InChI=1S/C9H11N7O2/c10-9(11)16-4-5(7-2-12-14-17-7)1-6(16)8-3-13-15-18-8/h2-3,5-6H,1,4H2,(H3,10,11). The Morgan fingerprint density at radius 1 is 1.28 bits per heavy atom. The number of rotatable bonds is 2. The van der Waals surface area contributed by atoms with E-state index in [0.717, 1.165) is 0 Å². The minimum absolute atomic E-state index is 0.0219. The number of likely N-dealkylation sites (tertiary alicyclic amines) is 1. The summed E-state index contributed by atoms with van der Waals surface area (Å²) in [4.78, 5) is 1.72. The van der Waals surface area contributed by atoms with Crippen molar-refractivity contribution in [2.45, 2.75) is 18.4 Å². The first-order valence-corrected chi connectivity index (χ1v) is 5.41. The summed E-state index contributed by atoms with van der Waals surface area (Å²) in [5.74, 6) is 1.31. The second kappa shape index (κ2) is 4.09. The number of hydrogen-bond acceptors (Lipinski definition) is 7. The van der Waals surface area contributed by atoms with E-state index in [1.54, 1.807) is 11.1 Å². The number of aromatic nitrogens is 4. The van der Waals surface area contributed by atoms with Crippen LogP contribution in [0, 0.1) is 5.41 Å². The molecule has 0 aliphatic carbocycles. The summed E-state index contributed by atoms with van der Waals surface area (Å²) in [6.07, 6.45) is 3.79. The summed E-state index contributed by atoms with van der Waals surface area (Å²) in [6.45, 7) is 0.553. The first-order valence-electron chi connectivity index (χ1n) is 5.41. The van der Waals surface area contributed by atoms with Crippen molar-refractivity contribution in [1.29, 1.82) is 5.41 Å². The molecular weight excluding hydrogens is 238 g/mol. The van der Waals surface area contributed by atoms with Crippen LogP contribution >= 0.6 is 0 Å². The maximum Gasteiger partial charge on any atom is 0.189 e. The monoisotopic (exact) mass is 249 g/mol. The van der Waals surface area contributed by atoms with Crippen LogP contribution in [0.15, 0.2) is 21.4 Å². The van der Waals surface area contributed by atoms with Gasteiger partial charge >= 0.3 is 0 Å². The highest BCUT2D eigenvalue weighted by Crippen LogP contribution is 2.39. The Balaban J connectivity index is 1.87. The van der Waals surface area contributed by atoms with Crippen LogP contribution in [0.25, 0.3) is 0 Å². The maximum absolute atomic E-state index is 7.60. The number of hydrogen-bond donors (Lipinski definition) is 2. The van der Waals surface area contributed by atoms with Crippen molar-refractivity contribution in [1.82, 2.24) is 25.6 Å². The molecule has 1 aliphatic heterocycles. The van der Waals surface area contributed by atoms with Gasteiger partial charge in [0.2, 0.25) is 0 Å². The molecule has 2 aromatic rings. The van der Waals surface area contributed by atoms with Gasteiger partial charge in [0, 0.05) is 23.0 Å². The predicted molar refractivity (Wildman–Crippen MR) is 57.3 cm³/mol. The Hall–Kier alpha value is -2.45. The summed E-state index contributed by atoms with van der Waals surface area (Å²) in [5.41, 5.74) is 5.57. The molecule has 0 bridgehead atoms. The number of nitrogens with one attached hydrogen (secondary N) is 1. The van der Waals surface area contributed by atoms with Crippen molar-refractivity contribution in [2.75, 3.05) is 6.54 Å². The van der Waals surface area contributed by atoms with Crippen LogP contribution in [0.1, 0.15) is 29.9 Å². The fourth-order valence-corrected chi connectivity index (χ4v) is 2.25. The van der Waals surface area contributed by atoms with Gasteiger partial charge in [-0.15, -0.1) is 10.2 Å². The van der Waals surface area contributed by atoms with Gasteiger partial charge in [-0.05, 0) is 6.42 Å². The van der Waals surface area contributed by atoms with E-state index in [1.165, 1.54) is 6.20 Å². The zero-order valence-electron chi connectivity index (χ0n) is 9.35. The van der Waals surface area contributed by atoms with Crippen molar-refractivity contribution in [2.24, 2.45) is 5.73 Å². The third-order valence-corrected chi connectivity index (χ3v) is 3.10. The van der Waals surface area contributed by atoms with Crippen LogP contribution in [-0.4, -0.2) is 38.1 Å². The molecule has 2 atom stereocenters. The average Bonchev–Trinajstić information content (AvgIpc) is 3.10. The average molecular weight is 249 g/mol. The van der Waals surface area contributed by atoms with Gasteiger partial charge in [-0.1, -0.05) is 0 Å². The predicted octanol–water partition coefficient (Wildman–Crippen LogP) is -0.123. The Labute approximate surface area is 101 Å². The number of nitrogens with zero attached hydrogens (tertiary/aromatic N) is 5. The molecule has 1 saturated heterocycles. The van der Waals surface area contributed by atoms with Crippen LogP contribution < -0.4 is 5.73 Å². The first kappa shape index (κ1) is 10.7. The number of nitrogens with two attached hydrogens (primary N) is 1. The topological polar surface area (TPSA) is 131 Å². The Morgan fingerprint density at radius 3 is 2.50 bits per heavy atom. The third-order valence-electron chi connectivity index (χ3n) is 3.10. The van der Waals surface area contributed by atoms with E-state index in [1.807, 2.05) is 0 Å². The van der Waals surface area contributed by atoms with E-state index in [-0.39, 0.29) is 17.9 Å². The fraction of sp³-hybridized carbons (Fsp3) is 0.444. The number of guanidine groups is 1. The van der Waals surface area contributed by atoms with Crippen LogP contribution in [-0.2, 0) is 0 Å². The Kier molecular flexibility index (Phi) is 2.43. The molecule has 0 spiro atoms. The molecule has 9 nitrogen and oxygen atoms in total. The highest BCUT2D eigenvalue weighted by Gasteiger charge is 2.38. The molecule has 2 aromatic heterocycles. The van der Waals surface area contributed by atoms with E-state index in [0.29, 0.717) is 24.5 Å². The van der Waals surface area contributed by atoms with Crippen LogP contribution in [0.4, 0.5) is 0 Å². The molecule has 9 heteroatoms. The van der Waals surface area contributed by atoms with Crippen molar-refractivity contribution in [3.63, 3.8) is 0 Å². The lowest BCUT2D eigenvalue weighted by Gasteiger charge is -2.21. The first-order chi connectivity index (χ1) is 8.75. The van der Waals surface area contributed by atoms with Gasteiger partial charge in [0.25, 0.3) is 0 Å². The van der Waals surface area contributed by atoms with Crippen molar-refractivity contribution in [3.05, 3.63) is 23.9 Å². The molecule has 1 aliphatic rings. The van der Waals surface area contributed by atoms with Gasteiger partial charge in [-0.3, -0.25) is 5.41 Å². The zero-order chi connectivity index (χ0) is 12.5. The molecular formula is C9H11N7O2. The molecule has 0 saturated carbocycles. The van der Waals surface area contributed by atoms with Gasteiger partial charge < -0.3 is 19.7 Å². The summed E-state index contributed by atoms with van der Waals surface area (Å²) < 4.78 is 10.1. The lowest BCUT2D eigenvalue weighted by atomic mass is 10.0. The van der Waals surface area contributed by atoms with Gasteiger partial charge in [0.15, 0.2) is 17.5 Å². The Bertz CT molecular complexity index is 523. The normalized spacial score (nSPS) is 23.4. The zero-order valence-corrected chi connectivity index (χ0v) is 9.35. The van der Waals surface area contributed by atoms with Crippen LogP contribution in [0.5, 0.6) is 0 Å². The highest BCUT2D eigenvalue weighted by molar-refractivity contribution is 5.75. The van der Waals surface area contributed by atoms with Crippen LogP contribution in [0.3, 0.4) is 0 Å². The molecule has 0 radical (unpaired) electrons. The molecule has 94 valence electrons. The highest BCUT2D eigenvalue weighted by atomic mass is 16.5. The molecule has 0 aromatic carbocycles. The largest absolute Gasteiger partial charge is 0.370 e. The fourth-order valence-electron chi connectivity index (χ4n) is 2.25. The van der Waals surface area contributed by atoms with Crippen molar-refractivity contribution < 1.29 is 9.05 Å². The minimum atomic E-state index is -0.160. The smallest absolute Gasteiger partial charge is 0.189 e. The minimum Gasteiger partial charge on any atom is -0.370 e. The third kappa shape index (κ3) is 1.69. The summed E-state index contributed by atoms with van der Waals surface area (Å²) in [6, 6.07) is -0.160. The van der Waals surface area contributed by atoms with Gasteiger partial charge in [-0.2, -0.15) is 0 Å². The van der Waals surface area contributed by atoms with Crippen molar-refractivity contribution >= 4 is 5.96 Å². The molecule has 2 unspecified atom stereocenters. The molecule has 3 heterocycles. The SMILES string of the molecule is N=C(N)N1CC(c2cnno2)CC1c1cnno1. The van der Waals surface area contributed by atoms with Gasteiger partial charge in [0.1, 0.15) is 0 Å². The summed E-state index contributed by atoms with van der Waals surface area (Å²) in [7, 11) is 0. The quantitative estimate of drug-likeness (QED) is 0.556. The van der Waals surface area contributed by atoms with Gasteiger partial charge in [-0.25, -0.2) is 0 Å². The van der Waals surface area contributed by atoms with Gasteiger partial charge in [0.05, 0.1) is 18.4 Å². The summed E-state index contributed by atoms with van der Waals surface area (Å²) >= 11 is 0. The lowest BCUT2D eigenvalue weighted by Crippen LogP contribution is -2.36. The second-order valence-electron chi connectivity index (χ2n) is 4.13. The molecule has 3 N–H and O–H groups in total. The molecule has 18 heavy (non-hydrogen) atoms. The molecule has 1 fully saturated rings. The molecule has 0 amide bonds. The van der Waals surface area contributed by atoms with E-state index in [2.05, 4.69) is 20.7 Å². The van der Waals surface area contributed by atoms with Crippen molar-refractivity contribution in [3.8, 4) is 0 Å². The Morgan fingerprint density at radius 2 is 1.94 bits per heavy atom. The van der Waals surface area contributed by atoms with E-state index in [9.17, 15) is 0 Å². The maximum atomic E-state index is 7.60. The van der Waals surface area contributed by atoms with E-state index < -0.39 is 0 Å². The summed E-state index contributed by atoms with van der Waals surface area (Å²) in [5, 5.41) is 21.8. The van der Waals surface area contributed by atoms with E-state index >= 15 is 0 Å².